The molecule has 3 rings (SSSR count). The van der Waals surface area contributed by atoms with Crippen molar-refractivity contribution in [3.63, 3.8) is 0 Å². The fourth-order valence-corrected chi connectivity index (χ4v) is 2.74. The van der Waals surface area contributed by atoms with E-state index in [0.29, 0.717) is 11.7 Å². The van der Waals surface area contributed by atoms with Gasteiger partial charge in [-0.3, -0.25) is 4.68 Å². The van der Waals surface area contributed by atoms with Gasteiger partial charge < -0.3 is 10.6 Å². The van der Waals surface area contributed by atoms with Gasteiger partial charge in [0, 0.05) is 17.6 Å². The first-order valence-electron chi connectivity index (χ1n) is 7.09. The molecule has 1 aromatic heterocycles. The number of hydrogen-bond acceptors (Lipinski definition) is 2. The van der Waals surface area contributed by atoms with E-state index in [1.54, 1.807) is 6.20 Å². The summed E-state index contributed by atoms with van der Waals surface area (Å²) < 4.78 is 2.85. The van der Waals surface area contributed by atoms with Crippen molar-refractivity contribution in [2.75, 3.05) is 10.6 Å². The van der Waals surface area contributed by atoms with Gasteiger partial charge in [-0.15, -0.1) is 0 Å². The van der Waals surface area contributed by atoms with Crippen LogP contribution in [0.3, 0.4) is 0 Å². The Morgan fingerprint density at radius 2 is 1.78 bits per heavy atom. The van der Waals surface area contributed by atoms with E-state index in [1.165, 1.54) is 0 Å². The zero-order valence-corrected chi connectivity index (χ0v) is 14.6. The molecule has 0 aliphatic heterocycles. The maximum absolute atomic E-state index is 5.35. The summed E-state index contributed by atoms with van der Waals surface area (Å²) in [4.78, 5) is 0. The van der Waals surface area contributed by atoms with Crippen LogP contribution < -0.4 is 10.6 Å². The number of rotatable bonds is 4. The van der Waals surface area contributed by atoms with E-state index in [2.05, 4.69) is 43.8 Å². The third kappa shape index (κ3) is 4.64. The third-order valence-electron chi connectivity index (χ3n) is 3.16. The number of halogens is 1. The second-order valence-corrected chi connectivity index (χ2v) is 6.33. The highest BCUT2D eigenvalue weighted by Gasteiger charge is 2.02. The lowest BCUT2D eigenvalue weighted by molar-refractivity contribution is 0.687. The molecule has 2 N–H and O–H groups in total. The Morgan fingerprint density at radius 3 is 2.52 bits per heavy atom. The molecular formula is C17H15BrN4S. The summed E-state index contributed by atoms with van der Waals surface area (Å²) in [5.41, 5.74) is 3.05. The zero-order chi connectivity index (χ0) is 16.1. The van der Waals surface area contributed by atoms with Crippen molar-refractivity contribution in [1.82, 2.24) is 9.78 Å². The average Bonchev–Trinajstić information content (AvgIpc) is 2.93. The molecule has 23 heavy (non-hydrogen) atoms. The van der Waals surface area contributed by atoms with Crippen LogP contribution in [-0.2, 0) is 6.54 Å². The van der Waals surface area contributed by atoms with Crippen LogP contribution in [0, 0.1) is 0 Å². The van der Waals surface area contributed by atoms with Crippen LogP contribution in [-0.4, -0.2) is 14.9 Å². The molecule has 0 atom stereocenters. The Labute approximate surface area is 148 Å². The van der Waals surface area contributed by atoms with Crippen molar-refractivity contribution >= 4 is 44.6 Å². The fourth-order valence-electron chi connectivity index (χ4n) is 2.17. The zero-order valence-electron chi connectivity index (χ0n) is 12.2. The molecular weight excluding hydrogens is 372 g/mol. The highest BCUT2D eigenvalue weighted by atomic mass is 79.9. The van der Waals surface area contributed by atoms with Crippen LogP contribution >= 0.6 is 28.1 Å². The summed E-state index contributed by atoms with van der Waals surface area (Å²) in [6, 6.07) is 18.0. The molecule has 0 fully saturated rings. The highest BCUT2D eigenvalue weighted by molar-refractivity contribution is 9.10. The topological polar surface area (TPSA) is 41.9 Å². The minimum absolute atomic E-state index is 0.565. The number of para-hydroxylation sites is 1. The first-order chi connectivity index (χ1) is 11.2. The van der Waals surface area contributed by atoms with Crippen molar-refractivity contribution in [2.24, 2.45) is 0 Å². The molecule has 6 heteroatoms. The quantitative estimate of drug-likeness (QED) is 0.647. The Balaban J connectivity index is 1.64. The largest absolute Gasteiger partial charge is 0.332 e. The van der Waals surface area contributed by atoms with Crippen molar-refractivity contribution in [2.45, 2.75) is 6.54 Å². The molecule has 0 spiro atoms. The van der Waals surface area contributed by atoms with Gasteiger partial charge in [-0.05, 0) is 58.0 Å². The lowest BCUT2D eigenvalue weighted by Gasteiger charge is -2.11. The molecule has 116 valence electrons. The molecule has 0 saturated carbocycles. The molecule has 0 aliphatic carbocycles. The summed E-state index contributed by atoms with van der Waals surface area (Å²) in [5, 5.41) is 11.2. The highest BCUT2D eigenvalue weighted by Crippen LogP contribution is 2.14. The molecule has 0 aliphatic rings. The van der Waals surface area contributed by atoms with Crippen LogP contribution in [0.5, 0.6) is 0 Å². The molecule has 4 nitrogen and oxygen atoms in total. The molecule has 0 unspecified atom stereocenters. The summed E-state index contributed by atoms with van der Waals surface area (Å²) in [7, 11) is 0. The minimum Gasteiger partial charge on any atom is -0.332 e. The van der Waals surface area contributed by atoms with Crippen LogP contribution in [0.1, 0.15) is 5.56 Å². The van der Waals surface area contributed by atoms with Gasteiger partial charge >= 0.3 is 0 Å². The van der Waals surface area contributed by atoms with Gasteiger partial charge in [0.25, 0.3) is 0 Å². The summed E-state index contributed by atoms with van der Waals surface area (Å²) >= 11 is 8.75. The predicted octanol–water partition coefficient (Wildman–Crippen LogP) is 4.50. The van der Waals surface area contributed by atoms with Gasteiger partial charge in [-0.2, -0.15) is 5.10 Å². The monoisotopic (exact) mass is 386 g/mol. The van der Waals surface area contributed by atoms with E-state index >= 15 is 0 Å². The van der Waals surface area contributed by atoms with Crippen LogP contribution in [0.25, 0.3) is 0 Å². The number of anilines is 2. The minimum atomic E-state index is 0.565. The first kappa shape index (κ1) is 15.7. The van der Waals surface area contributed by atoms with Gasteiger partial charge in [0.05, 0.1) is 17.2 Å². The lowest BCUT2D eigenvalue weighted by Crippen LogP contribution is -2.19. The van der Waals surface area contributed by atoms with E-state index < -0.39 is 0 Å². The average molecular weight is 387 g/mol. The number of thiocarbonyl (C=S) groups is 1. The van der Waals surface area contributed by atoms with Gasteiger partial charge in [0.2, 0.25) is 0 Å². The Bertz CT molecular complexity index is 801. The molecule has 0 bridgehead atoms. The molecule has 0 amide bonds. The van der Waals surface area contributed by atoms with E-state index in [0.717, 1.165) is 21.4 Å². The van der Waals surface area contributed by atoms with E-state index in [1.807, 2.05) is 53.3 Å². The van der Waals surface area contributed by atoms with Gasteiger partial charge in [0.15, 0.2) is 5.11 Å². The van der Waals surface area contributed by atoms with Crippen molar-refractivity contribution in [3.8, 4) is 0 Å². The van der Waals surface area contributed by atoms with Gasteiger partial charge in [0.1, 0.15) is 0 Å². The Hall–Kier alpha value is -2.18. The summed E-state index contributed by atoms with van der Waals surface area (Å²) in [5.74, 6) is 0. The number of nitrogens with one attached hydrogen (secondary N) is 2. The van der Waals surface area contributed by atoms with Gasteiger partial charge in [-0.25, -0.2) is 0 Å². The third-order valence-corrected chi connectivity index (χ3v) is 3.78. The number of hydrogen-bond donors (Lipinski definition) is 2. The normalized spacial score (nSPS) is 10.3. The van der Waals surface area contributed by atoms with Crippen LogP contribution in [0.15, 0.2) is 71.5 Å². The standard InChI is InChI=1S/C17H15BrN4S/c18-14-10-19-22(12-14)11-13-5-4-8-16(9-13)21-17(23)20-15-6-2-1-3-7-15/h1-10,12H,11H2,(H2,20,21,23). The number of nitrogens with zero attached hydrogens (tertiary/aromatic N) is 2. The number of benzene rings is 2. The fraction of sp³-hybridized carbons (Fsp3) is 0.0588. The van der Waals surface area contributed by atoms with E-state index in [-0.39, 0.29) is 0 Å². The van der Waals surface area contributed by atoms with E-state index in [9.17, 15) is 0 Å². The van der Waals surface area contributed by atoms with Crippen LogP contribution in [0.4, 0.5) is 11.4 Å². The summed E-state index contributed by atoms with van der Waals surface area (Å²) in [6.07, 6.45) is 3.72. The van der Waals surface area contributed by atoms with Crippen LogP contribution in [0.2, 0.25) is 0 Å². The van der Waals surface area contributed by atoms with Gasteiger partial charge in [-0.1, -0.05) is 30.3 Å². The molecule has 3 aromatic rings. The lowest BCUT2D eigenvalue weighted by atomic mass is 10.2. The predicted molar refractivity (Wildman–Crippen MR) is 102 cm³/mol. The van der Waals surface area contributed by atoms with Crippen molar-refractivity contribution in [3.05, 3.63) is 77.0 Å². The SMILES string of the molecule is S=C(Nc1ccccc1)Nc1cccc(Cn2cc(Br)cn2)c1. The van der Waals surface area contributed by atoms with E-state index in [4.69, 9.17) is 12.2 Å². The second-order valence-electron chi connectivity index (χ2n) is 5.00. The second kappa shape index (κ2) is 7.39. The maximum atomic E-state index is 5.35. The molecule has 0 saturated heterocycles. The number of aromatic nitrogens is 2. The Kier molecular flexibility index (Phi) is 5.05. The summed E-state index contributed by atoms with van der Waals surface area (Å²) in [6.45, 7) is 0.708. The van der Waals surface area contributed by atoms with Crippen molar-refractivity contribution < 1.29 is 0 Å². The van der Waals surface area contributed by atoms with Crippen molar-refractivity contribution in [1.29, 1.82) is 0 Å². The Morgan fingerprint density at radius 1 is 1.04 bits per heavy atom. The molecule has 2 aromatic carbocycles. The smallest absolute Gasteiger partial charge is 0.175 e. The molecule has 0 radical (unpaired) electrons. The molecule has 1 heterocycles. The maximum Gasteiger partial charge on any atom is 0.175 e. The first-order valence-corrected chi connectivity index (χ1v) is 8.29.